The lowest BCUT2D eigenvalue weighted by Crippen LogP contribution is -2.39. The van der Waals surface area contributed by atoms with Crippen LogP contribution in [0.2, 0.25) is 0 Å². The van der Waals surface area contributed by atoms with Gasteiger partial charge in [0.25, 0.3) is 0 Å². The van der Waals surface area contributed by atoms with Gasteiger partial charge in [-0.15, -0.1) is 5.73 Å². The van der Waals surface area contributed by atoms with E-state index in [4.69, 9.17) is 0 Å². The molecule has 0 heterocycles. The van der Waals surface area contributed by atoms with Crippen molar-refractivity contribution in [3.8, 4) is 0 Å². The zero-order valence-corrected chi connectivity index (χ0v) is 11.6. The van der Waals surface area contributed by atoms with Crippen LogP contribution in [0.4, 0.5) is 4.39 Å². The van der Waals surface area contributed by atoms with Gasteiger partial charge in [-0.2, -0.15) is 0 Å². The lowest BCUT2D eigenvalue weighted by atomic mass is 9.79. The van der Waals surface area contributed by atoms with Gasteiger partial charge in [0, 0.05) is 25.3 Å². The Morgan fingerprint density at radius 1 is 1.72 bits per heavy atom. The average molecular weight is 255 g/mol. The molecule has 3 atom stereocenters. The van der Waals surface area contributed by atoms with Crippen molar-refractivity contribution in [1.29, 1.82) is 0 Å². The van der Waals surface area contributed by atoms with E-state index in [9.17, 15) is 14.3 Å². The Kier molecular flexibility index (Phi) is 4.04. The normalized spacial score (nSPS) is 29.1. The number of rotatable bonds is 5. The second-order valence-electron chi connectivity index (χ2n) is 5.37. The summed E-state index contributed by atoms with van der Waals surface area (Å²) in [6.07, 6.45) is 1.00. The fraction of sp³-hybridized carbons (Fsp3) is 0.714. The number of carbonyl (C=O) groups excluding carboxylic acids is 1. The van der Waals surface area contributed by atoms with Crippen LogP contribution in [0.15, 0.2) is 18.0 Å². The minimum Gasteiger partial charge on any atom is -0.388 e. The summed E-state index contributed by atoms with van der Waals surface area (Å²) in [7, 11) is 1.62. The molecule has 0 spiro atoms. The Morgan fingerprint density at radius 2 is 2.28 bits per heavy atom. The molecule has 0 aromatic heterocycles. The molecular formula is C14H22FNO2. The number of aliphatic hydroxyl groups is 1. The predicted molar refractivity (Wildman–Crippen MR) is 68.5 cm³/mol. The van der Waals surface area contributed by atoms with Gasteiger partial charge in [-0.05, 0) is 12.8 Å². The summed E-state index contributed by atoms with van der Waals surface area (Å²) in [5.41, 5.74) is 1.39. The number of carbonyl (C=O) groups is 1. The van der Waals surface area contributed by atoms with Gasteiger partial charge in [0.1, 0.15) is 0 Å². The molecule has 3 unspecified atom stereocenters. The first-order valence-corrected chi connectivity index (χ1v) is 6.20. The van der Waals surface area contributed by atoms with Crippen molar-refractivity contribution < 1.29 is 14.3 Å². The summed E-state index contributed by atoms with van der Waals surface area (Å²) in [4.78, 5) is 12.8. The maximum absolute atomic E-state index is 13.2. The summed E-state index contributed by atoms with van der Waals surface area (Å²) in [6.45, 7) is 8.02. The Labute approximate surface area is 108 Å². The molecule has 1 fully saturated rings. The third-order valence-electron chi connectivity index (χ3n) is 4.40. The lowest BCUT2D eigenvalue weighted by molar-refractivity contribution is -0.126. The fourth-order valence-corrected chi connectivity index (χ4v) is 2.40. The fourth-order valence-electron chi connectivity index (χ4n) is 2.40. The second-order valence-corrected chi connectivity index (χ2v) is 5.37. The quantitative estimate of drug-likeness (QED) is 0.766. The third-order valence-corrected chi connectivity index (χ3v) is 4.40. The van der Waals surface area contributed by atoms with E-state index in [0.29, 0.717) is 18.5 Å². The van der Waals surface area contributed by atoms with E-state index in [-0.39, 0.29) is 11.8 Å². The molecule has 1 rings (SSSR count). The predicted octanol–water partition coefficient (Wildman–Crippen LogP) is 2.27. The van der Waals surface area contributed by atoms with E-state index >= 15 is 0 Å². The minimum absolute atomic E-state index is 0.145. The van der Waals surface area contributed by atoms with Crippen molar-refractivity contribution in [2.45, 2.75) is 39.2 Å². The van der Waals surface area contributed by atoms with Crippen molar-refractivity contribution >= 4 is 5.91 Å². The molecule has 1 saturated carbocycles. The van der Waals surface area contributed by atoms with Crippen molar-refractivity contribution in [2.75, 3.05) is 13.7 Å². The Bertz CT molecular complexity index is 397. The van der Waals surface area contributed by atoms with Gasteiger partial charge in [-0.3, -0.25) is 9.18 Å². The Hall–Kier alpha value is -1.12. The number of alkyl halides is 1. The average Bonchev–Trinajstić information content (AvgIpc) is 3.02. The van der Waals surface area contributed by atoms with Gasteiger partial charge in [0.2, 0.25) is 5.91 Å². The van der Waals surface area contributed by atoms with Crippen LogP contribution in [-0.4, -0.2) is 35.2 Å². The summed E-state index contributed by atoms with van der Waals surface area (Å²) in [5, 5.41) is 10.6. The van der Waals surface area contributed by atoms with Crippen molar-refractivity contribution in [3.05, 3.63) is 18.0 Å². The smallest absolute Gasteiger partial charge is 0.223 e. The number of amides is 1. The molecule has 3 nitrogen and oxygen atoms in total. The number of hydrogen-bond donors (Lipinski definition) is 1. The summed E-state index contributed by atoms with van der Waals surface area (Å²) >= 11 is 0. The van der Waals surface area contributed by atoms with Gasteiger partial charge in [0.15, 0.2) is 0 Å². The van der Waals surface area contributed by atoms with Crippen molar-refractivity contribution in [3.63, 3.8) is 0 Å². The van der Waals surface area contributed by atoms with Crippen molar-refractivity contribution in [2.24, 2.45) is 11.3 Å². The zero-order chi connectivity index (χ0) is 14.1. The number of hydrogen-bond acceptors (Lipinski definition) is 2. The molecule has 0 radical (unpaired) electrons. The molecule has 0 saturated heterocycles. The second kappa shape index (κ2) is 4.87. The van der Waals surface area contributed by atoms with E-state index in [2.05, 4.69) is 12.3 Å². The highest BCUT2D eigenvalue weighted by Gasteiger charge is 2.65. The van der Waals surface area contributed by atoms with Gasteiger partial charge in [0.05, 0.1) is 18.0 Å². The van der Waals surface area contributed by atoms with Crippen LogP contribution in [0.3, 0.4) is 0 Å². The first kappa shape index (κ1) is 14.9. The van der Waals surface area contributed by atoms with E-state index in [1.54, 1.807) is 14.0 Å². The highest BCUT2D eigenvalue weighted by Crippen LogP contribution is 2.59. The van der Waals surface area contributed by atoms with Gasteiger partial charge in [-0.25, -0.2) is 0 Å². The van der Waals surface area contributed by atoms with E-state index in [1.165, 1.54) is 11.8 Å². The van der Waals surface area contributed by atoms with E-state index < -0.39 is 17.7 Å². The van der Waals surface area contributed by atoms with Crippen molar-refractivity contribution in [1.82, 2.24) is 4.90 Å². The van der Waals surface area contributed by atoms with Crippen LogP contribution in [-0.2, 0) is 4.79 Å². The van der Waals surface area contributed by atoms with Crippen LogP contribution in [0, 0.1) is 11.3 Å². The molecule has 1 aliphatic carbocycles. The van der Waals surface area contributed by atoms with Crippen LogP contribution in [0.1, 0.15) is 33.6 Å². The minimum atomic E-state index is -1.10. The molecule has 18 heavy (non-hydrogen) atoms. The Morgan fingerprint density at radius 3 is 2.61 bits per heavy atom. The summed E-state index contributed by atoms with van der Waals surface area (Å²) < 4.78 is 13.2. The molecule has 1 N–H and O–H groups in total. The molecule has 0 aromatic carbocycles. The third kappa shape index (κ3) is 2.11. The first-order valence-electron chi connectivity index (χ1n) is 6.20. The lowest BCUT2D eigenvalue weighted by Gasteiger charge is -2.33. The zero-order valence-electron chi connectivity index (χ0n) is 11.6. The molecule has 1 aliphatic rings. The van der Waals surface area contributed by atoms with E-state index in [0.717, 1.165) is 0 Å². The van der Waals surface area contributed by atoms with Crippen LogP contribution in [0.25, 0.3) is 0 Å². The molecule has 0 aromatic rings. The molecule has 102 valence electrons. The van der Waals surface area contributed by atoms with Gasteiger partial charge in [-0.1, -0.05) is 20.4 Å². The first-order chi connectivity index (χ1) is 8.27. The van der Waals surface area contributed by atoms with Crippen LogP contribution < -0.4 is 0 Å². The molecule has 1 amide bonds. The Balaban J connectivity index is 2.98. The molecular weight excluding hydrogens is 233 g/mol. The highest BCUT2D eigenvalue weighted by atomic mass is 19.1. The maximum Gasteiger partial charge on any atom is 0.223 e. The van der Waals surface area contributed by atoms with E-state index in [1.807, 2.05) is 6.92 Å². The molecule has 0 aliphatic heterocycles. The van der Waals surface area contributed by atoms with Crippen LogP contribution in [0.5, 0.6) is 0 Å². The van der Waals surface area contributed by atoms with Crippen LogP contribution >= 0.6 is 0 Å². The number of nitrogens with zero attached hydrogens (tertiary/aromatic N) is 1. The molecule has 0 bridgehead atoms. The SMILES string of the molecule is C=C=C(C1CC1(O)C(C)(CC)CF)N(C)C(C)=O. The molecule has 4 heteroatoms. The number of halogens is 1. The summed E-state index contributed by atoms with van der Waals surface area (Å²) in [6, 6.07) is 0. The largest absolute Gasteiger partial charge is 0.388 e. The van der Waals surface area contributed by atoms with Gasteiger partial charge < -0.3 is 10.0 Å². The standard InChI is InChI=1S/C14H22FNO2/c1-6-12(16(5)10(3)17)11-8-14(11,18)13(4,7-2)9-15/h11,18H,1,7-9H2,2-5H3. The monoisotopic (exact) mass is 255 g/mol. The van der Waals surface area contributed by atoms with Gasteiger partial charge >= 0.3 is 0 Å². The summed E-state index contributed by atoms with van der Waals surface area (Å²) in [5.74, 6) is -0.404. The highest BCUT2D eigenvalue weighted by molar-refractivity contribution is 5.75. The topological polar surface area (TPSA) is 40.5 Å². The maximum atomic E-state index is 13.2.